The number of halogens is 1. The van der Waals surface area contributed by atoms with Gasteiger partial charge in [0.25, 0.3) is 17.7 Å². The number of likely N-dealkylation sites (tertiary alicyclic amines) is 2. The van der Waals surface area contributed by atoms with E-state index in [2.05, 4.69) is 43.2 Å². The van der Waals surface area contributed by atoms with E-state index in [1.54, 1.807) is 31.5 Å². The first-order valence-corrected chi connectivity index (χ1v) is 29.3. The monoisotopic (exact) mass is 1100 g/mol. The average molecular weight is 1100 g/mol. The lowest BCUT2D eigenvalue weighted by molar-refractivity contribution is -0.136. The molecule has 6 aliphatic rings. The quantitative estimate of drug-likeness (QED) is 0.0478. The number of hydrogen-bond acceptors (Lipinski definition) is 12. The first kappa shape index (κ1) is 55.4. The van der Waals surface area contributed by atoms with E-state index in [0.717, 1.165) is 79.7 Å². The minimum atomic E-state index is -1.01. The highest BCUT2D eigenvalue weighted by Crippen LogP contribution is 2.52. The Morgan fingerprint density at radius 1 is 0.815 bits per heavy atom. The minimum absolute atomic E-state index is 0.0141. The van der Waals surface area contributed by atoms with Crippen molar-refractivity contribution in [3.8, 4) is 11.3 Å². The summed E-state index contributed by atoms with van der Waals surface area (Å²) in [5.41, 5.74) is 6.05. The average Bonchev–Trinajstić information content (AvgIpc) is 3.97. The number of anilines is 4. The molecule has 1 aliphatic carbocycles. The molecule has 426 valence electrons. The lowest BCUT2D eigenvalue weighted by Gasteiger charge is -2.48. The van der Waals surface area contributed by atoms with Gasteiger partial charge in [0.05, 0.1) is 39.8 Å². The molecular formula is C62H74FN11O7. The predicted molar refractivity (Wildman–Crippen MR) is 307 cm³/mol. The number of aromatic nitrogens is 3. The molecule has 11 rings (SSSR count). The molecule has 1 saturated carbocycles. The van der Waals surface area contributed by atoms with E-state index >= 15 is 9.18 Å². The summed E-state index contributed by atoms with van der Waals surface area (Å²) in [5, 5.41) is 11.8. The fourth-order valence-electron chi connectivity index (χ4n) is 13.2. The number of aryl methyl sites for hydroxylation is 1. The lowest BCUT2D eigenvalue weighted by atomic mass is 9.73. The molecule has 0 bridgehead atoms. The van der Waals surface area contributed by atoms with Crippen LogP contribution >= 0.6 is 0 Å². The van der Waals surface area contributed by atoms with E-state index < -0.39 is 40.9 Å². The van der Waals surface area contributed by atoms with E-state index in [4.69, 9.17) is 9.97 Å². The van der Waals surface area contributed by atoms with Crippen molar-refractivity contribution in [3.63, 3.8) is 0 Å². The molecule has 3 aromatic carbocycles. The summed E-state index contributed by atoms with van der Waals surface area (Å²) in [6, 6.07) is 15.5. The van der Waals surface area contributed by atoms with Crippen LogP contribution < -0.4 is 26.2 Å². The highest BCUT2D eigenvalue weighted by Gasteiger charge is 2.56. The Hall–Kier alpha value is -7.54. The molecule has 81 heavy (non-hydrogen) atoms. The largest absolute Gasteiger partial charge is 0.385 e. The van der Waals surface area contributed by atoms with Crippen LogP contribution in [0.5, 0.6) is 0 Å². The Bertz CT molecular complexity index is 3330. The van der Waals surface area contributed by atoms with Crippen LogP contribution in [0.25, 0.3) is 22.3 Å². The van der Waals surface area contributed by atoms with E-state index in [0.29, 0.717) is 84.3 Å². The maximum atomic E-state index is 15.9. The summed E-state index contributed by atoms with van der Waals surface area (Å²) in [7, 11) is 0. The Morgan fingerprint density at radius 2 is 1.56 bits per heavy atom. The molecule has 0 radical (unpaired) electrons. The summed E-state index contributed by atoms with van der Waals surface area (Å²) in [5.74, 6) is -2.31. The number of amides is 7. The zero-order valence-electron chi connectivity index (χ0n) is 47.2. The predicted octanol–water partition coefficient (Wildman–Crippen LogP) is 9.09. The van der Waals surface area contributed by atoms with Crippen LogP contribution in [0.2, 0.25) is 0 Å². The fourth-order valence-corrected chi connectivity index (χ4v) is 13.2. The van der Waals surface area contributed by atoms with Gasteiger partial charge in [-0.1, -0.05) is 37.8 Å². The number of benzene rings is 3. The Balaban J connectivity index is 0.741. The molecule has 1 spiro atoms. The number of imide groups is 2. The minimum Gasteiger partial charge on any atom is -0.385 e. The summed E-state index contributed by atoms with van der Waals surface area (Å²) in [6.07, 6.45) is 13.4. The number of nitrogens with one attached hydrogen (secondary N) is 4. The van der Waals surface area contributed by atoms with E-state index in [-0.39, 0.29) is 65.5 Å². The number of rotatable bonds is 18. The van der Waals surface area contributed by atoms with Crippen LogP contribution in [0.15, 0.2) is 60.9 Å². The number of piperidine rings is 3. The molecule has 18 nitrogen and oxygen atoms in total. The van der Waals surface area contributed by atoms with Gasteiger partial charge >= 0.3 is 0 Å². The van der Waals surface area contributed by atoms with Crippen LogP contribution in [0, 0.1) is 12.7 Å². The highest BCUT2D eigenvalue weighted by atomic mass is 19.1. The number of pyridine rings is 1. The molecule has 5 aliphatic heterocycles. The van der Waals surface area contributed by atoms with Crippen LogP contribution in [-0.2, 0) is 24.6 Å². The topological polar surface area (TPSA) is 211 Å². The normalized spacial score (nSPS) is 20.8. The van der Waals surface area contributed by atoms with Gasteiger partial charge in [0.15, 0.2) is 5.82 Å². The molecule has 7 heterocycles. The molecule has 4 N–H and O–H groups in total. The second-order valence-corrected chi connectivity index (χ2v) is 23.8. The maximum absolute atomic E-state index is 15.9. The third-order valence-electron chi connectivity index (χ3n) is 17.7. The molecule has 19 heteroatoms. The molecule has 4 fully saturated rings. The van der Waals surface area contributed by atoms with Crippen molar-refractivity contribution >= 4 is 75.3 Å². The third kappa shape index (κ3) is 10.7. The Morgan fingerprint density at radius 3 is 2.30 bits per heavy atom. The molecule has 5 aromatic rings. The van der Waals surface area contributed by atoms with Gasteiger partial charge in [-0.25, -0.2) is 14.4 Å². The summed E-state index contributed by atoms with van der Waals surface area (Å²) >= 11 is 0. The van der Waals surface area contributed by atoms with Gasteiger partial charge in [-0.05, 0) is 159 Å². The summed E-state index contributed by atoms with van der Waals surface area (Å²) in [6.45, 7) is 13.4. The van der Waals surface area contributed by atoms with Gasteiger partial charge in [0, 0.05) is 79.1 Å². The number of carbonyl (C=O) groups is 7. The molecule has 7 amide bonds. The maximum Gasteiger partial charge on any atom is 0.262 e. The second kappa shape index (κ2) is 22.8. The SMILES string of the molecule is Cc1cc(F)c(Nc2nc(-c3ccc4c(c3)N([C@H]3C[C@@H](N5CCCCC5)C3)C(=O)C43CCN(C(=O)CCCCCCCNc4ccc5c(c4)C(=O)N(C4CCC(=O)NC4=O)C5=O)CC3)cc3ncn(C(C)C)c23)cc1C(=O)NC(C)C. The number of unbranched alkanes of at least 4 members (excludes halogenated alkanes) is 4. The van der Waals surface area contributed by atoms with Gasteiger partial charge in [-0.15, -0.1) is 0 Å². The molecular weight excluding hydrogens is 1030 g/mol. The van der Waals surface area contributed by atoms with Crippen molar-refractivity contribution in [2.24, 2.45) is 0 Å². The Kier molecular flexibility index (Phi) is 15.6. The van der Waals surface area contributed by atoms with Crippen molar-refractivity contribution < 1.29 is 38.0 Å². The van der Waals surface area contributed by atoms with Gasteiger partial charge in [0.2, 0.25) is 23.6 Å². The van der Waals surface area contributed by atoms with Gasteiger partial charge in [-0.3, -0.25) is 43.8 Å². The molecule has 1 atom stereocenters. The van der Waals surface area contributed by atoms with Crippen LogP contribution in [-0.4, -0.2) is 127 Å². The molecule has 1 unspecified atom stereocenters. The van der Waals surface area contributed by atoms with E-state index in [9.17, 15) is 28.8 Å². The number of hydrogen-bond donors (Lipinski definition) is 4. The first-order valence-electron chi connectivity index (χ1n) is 29.3. The summed E-state index contributed by atoms with van der Waals surface area (Å²) in [4.78, 5) is 110. The van der Waals surface area contributed by atoms with Gasteiger partial charge < -0.3 is 35.2 Å². The Labute approximate surface area is 472 Å². The summed E-state index contributed by atoms with van der Waals surface area (Å²) < 4.78 is 17.9. The number of carbonyl (C=O) groups excluding carboxylic acids is 7. The van der Waals surface area contributed by atoms with Crippen molar-refractivity contribution in [2.45, 2.75) is 167 Å². The number of imidazole rings is 1. The first-order chi connectivity index (χ1) is 39.0. The number of fused-ring (bicyclic) bond motifs is 4. The zero-order chi connectivity index (χ0) is 56.9. The lowest BCUT2D eigenvalue weighted by Crippen LogP contribution is -2.58. The van der Waals surface area contributed by atoms with E-state index in [1.807, 2.05) is 49.3 Å². The van der Waals surface area contributed by atoms with E-state index in [1.165, 1.54) is 31.4 Å². The van der Waals surface area contributed by atoms with Crippen LogP contribution in [0.1, 0.15) is 172 Å². The van der Waals surface area contributed by atoms with Gasteiger partial charge in [-0.2, -0.15) is 0 Å². The van der Waals surface area contributed by atoms with Crippen molar-refractivity contribution in [2.75, 3.05) is 48.3 Å². The van der Waals surface area contributed by atoms with Crippen LogP contribution in [0.3, 0.4) is 0 Å². The highest BCUT2D eigenvalue weighted by molar-refractivity contribution is 6.23. The molecule has 2 aromatic heterocycles. The number of nitrogens with zero attached hydrogens (tertiary/aromatic N) is 7. The van der Waals surface area contributed by atoms with Crippen molar-refractivity contribution in [3.05, 3.63) is 94.6 Å². The standard InChI is InChI=1S/C62H74FN11O7/c1-36(2)66-57(77)44-33-49(47(63)28-38(44)5)68-56-55-50(65-35-72(55)37(3)4)34-48(67-56)39-15-18-46-52(29-39)73(42-31-41(32-42)70-24-12-9-13-25-70)61(81)62(46)21-26-71(27-22-62)54(76)14-10-7-6-8-11-23-64-40-16-17-43-45(30-40)60(80)74(59(43)79)51-19-20-53(75)69-58(51)78/h15-18,28-30,33-37,41-42,51,64H,6-14,19-27,31-32H2,1-5H3,(H,66,77)(H,67,68)(H,69,75,78)/t41-,42+,51?. The van der Waals surface area contributed by atoms with Crippen molar-refractivity contribution in [1.29, 1.82) is 0 Å². The van der Waals surface area contributed by atoms with Crippen LogP contribution in [0.4, 0.5) is 27.3 Å². The fraction of sp³-hybridized carbons (Fsp3) is 0.500. The second-order valence-electron chi connectivity index (χ2n) is 23.8. The van der Waals surface area contributed by atoms with Gasteiger partial charge in [0.1, 0.15) is 17.4 Å². The smallest absolute Gasteiger partial charge is 0.262 e. The zero-order valence-corrected chi connectivity index (χ0v) is 47.2. The third-order valence-corrected chi connectivity index (χ3v) is 17.7. The molecule has 3 saturated heterocycles. The van der Waals surface area contributed by atoms with Crippen molar-refractivity contribution in [1.82, 2.24) is 39.9 Å².